The van der Waals surface area contributed by atoms with E-state index in [4.69, 9.17) is 10.8 Å². The Morgan fingerprint density at radius 1 is 1.27 bits per heavy atom. The first-order valence-electron chi connectivity index (χ1n) is 11.8. The van der Waals surface area contributed by atoms with Crippen LogP contribution in [0.1, 0.15) is 52.3 Å². The van der Waals surface area contributed by atoms with Gasteiger partial charge in [0.1, 0.15) is 12.1 Å². The molecule has 0 radical (unpaired) electrons. The molecule has 3 unspecified atom stereocenters. The minimum Gasteiger partial charge on any atom is -0.375 e. The Labute approximate surface area is 200 Å². The molecule has 3 N–H and O–H groups in total. The number of carbonyl (C=O) groups is 1. The van der Waals surface area contributed by atoms with E-state index < -0.39 is 0 Å². The van der Waals surface area contributed by atoms with Gasteiger partial charge in [0.25, 0.3) is 0 Å². The van der Waals surface area contributed by atoms with Gasteiger partial charge < -0.3 is 25.8 Å². The van der Waals surface area contributed by atoms with Gasteiger partial charge in [-0.15, -0.1) is 0 Å². The molecule has 1 aliphatic carbocycles. The van der Waals surface area contributed by atoms with Gasteiger partial charge in [-0.25, -0.2) is 0 Å². The van der Waals surface area contributed by atoms with Crippen molar-refractivity contribution in [2.24, 2.45) is 11.8 Å². The second-order valence-electron chi connectivity index (χ2n) is 7.58. The Bertz CT molecular complexity index is 839. The third-order valence-corrected chi connectivity index (χ3v) is 5.55. The van der Waals surface area contributed by atoms with Crippen molar-refractivity contribution < 1.29 is 4.79 Å². The molecule has 0 amide bonds. The number of carbonyl (C=O) groups excluding carboxylic acids is 1. The van der Waals surface area contributed by atoms with E-state index in [-0.39, 0.29) is 12.0 Å². The molecule has 1 heterocycles. The molecule has 1 saturated carbocycles. The van der Waals surface area contributed by atoms with Crippen LogP contribution in [0.5, 0.6) is 0 Å². The van der Waals surface area contributed by atoms with Crippen LogP contribution in [0.2, 0.25) is 0 Å². The summed E-state index contributed by atoms with van der Waals surface area (Å²) in [5.41, 5.74) is 4.05. The number of aromatic nitrogens is 1. The third-order valence-electron chi connectivity index (χ3n) is 5.55. The van der Waals surface area contributed by atoms with E-state index in [1.54, 1.807) is 6.92 Å². The lowest BCUT2D eigenvalue weighted by atomic mass is 9.96. The molecule has 0 saturated heterocycles. The summed E-state index contributed by atoms with van der Waals surface area (Å²) in [5, 5.41) is 18.2. The highest BCUT2D eigenvalue weighted by atomic mass is 16.1. The van der Waals surface area contributed by atoms with E-state index in [1.165, 1.54) is 12.4 Å². The fourth-order valence-electron chi connectivity index (χ4n) is 3.61. The van der Waals surface area contributed by atoms with Gasteiger partial charge in [0.05, 0.1) is 0 Å². The normalized spacial score (nSPS) is 18.1. The Kier molecular flexibility index (Phi) is 14.3. The molecule has 2 rings (SSSR count). The van der Waals surface area contributed by atoms with Crippen LogP contribution in [-0.4, -0.2) is 48.7 Å². The number of allylic oxidation sites excluding steroid dienone is 4. The van der Waals surface area contributed by atoms with Crippen LogP contribution in [0.15, 0.2) is 53.5 Å². The van der Waals surface area contributed by atoms with E-state index >= 15 is 0 Å². The second kappa shape index (κ2) is 15.7. The highest BCUT2D eigenvalue weighted by Crippen LogP contribution is 2.42. The van der Waals surface area contributed by atoms with Crippen LogP contribution < -0.4 is 5.32 Å². The standard InChI is InChI=1S/C23H31N5O.2C2H6/c1-15(21(12-25)16(2)11-24)8-23(26-4)28(5)22-10-20(22)19(14-29)9-18-7-6-17(3)27-13-18;2*1-2/h6-8,11-14,19-20,22,24-26H,1,9-10H2,2-5H3;2*1-2H3/b21-16+,23-8+,24-11?,25-12?;;. The van der Waals surface area contributed by atoms with Gasteiger partial charge in [-0.3, -0.25) is 4.98 Å². The fourth-order valence-corrected chi connectivity index (χ4v) is 3.61. The number of hydrogen-bond acceptors (Lipinski definition) is 6. The highest BCUT2D eigenvalue weighted by molar-refractivity contribution is 5.93. The largest absolute Gasteiger partial charge is 0.375 e. The number of aldehydes is 1. The Morgan fingerprint density at radius 3 is 2.36 bits per heavy atom. The summed E-state index contributed by atoms with van der Waals surface area (Å²) in [7, 11) is 3.85. The van der Waals surface area contributed by atoms with Crippen molar-refractivity contribution in [3.8, 4) is 0 Å². The zero-order valence-electron chi connectivity index (χ0n) is 21.7. The van der Waals surface area contributed by atoms with Crippen molar-refractivity contribution in [3.05, 3.63) is 64.8 Å². The summed E-state index contributed by atoms with van der Waals surface area (Å²) in [6.45, 7) is 15.8. The van der Waals surface area contributed by atoms with E-state index in [2.05, 4.69) is 21.8 Å². The average molecular weight is 454 g/mol. The summed E-state index contributed by atoms with van der Waals surface area (Å²) in [5.74, 6) is 1.14. The van der Waals surface area contributed by atoms with Gasteiger partial charge in [-0.2, -0.15) is 0 Å². The quantitative estimate of drug-likeness (QED) is 0.239. The van der Waals surface area contributed by atoms with Crippen LogP contribution in [0, 0.1) is 29.6 Å². The molecule has 1 aromatic rings. The molecule has 6 heteroatoms. The van der Waals surface area contributed by atoms with Crippen molar-refractivity contribution in [2.45, 2.75) is 60.4 Å². The zero-order chi connectivity index (χ0) is 25.6. The monoisotopic (exact) mass is 453 g/mol. The smallest absolute Gasteiger partial charge is 0.123 e. The van der Waals surface area contributed by atoms with Gasteiger partial charge in [0, 0.05) is 55.9 Å². The maximum Gasteiger partial charge on any atom is 0.123 e. The second-order valence-corrected chi connectivity index (χ2v) is 7.58. The van der Waals surface area contributed by atoms with Gasteiger partial charge in [-0.05, 0) is 61.5 Å². The molecule has 0 aromatic carbocycles. The van der Waals surface area contributed by atoms with Gasteiger partial charge in [-0.1, -0.05) is 40.3 Å². The predicted octanol–water partition coefficient (Wildman–Crippen LogP) is 5.35. The van der Waals surface area contributed by atoms with E-state index in [1.807, 2.05) is 73.1 Å². The molecule has 33 heavy (non-hydrogen) atoms. The molecule has 0 bridgehead atoms. The number of nitrogens with zero attached hydrogens (tertiary/aromatic N) is 2. The molecule has 6 nitrogen and oxygen atoms in total. The van der Waals surface area contributed by atoms with Crippen LogP contribution >= 0.6 is 0 Å². The molecule has 0 aliphatic heterocycles. The van der Waals surface area contributed by atoms with Crippen LogP contribution in [0.25, 0.3) is 0 Å². The highest BCUT2D eigenvalue weighted by Gasteiger charge is 2.45. The minimum atomic E-state index is -0.0366. The van der Waals surface area contributed by atoms with Crippen LogP contribution in [0.3, 0.4) is 0 Å². The lowest BCUT2D eigenvalue weighted by Gasteiger charge is -2.24. The molecular formula is C27H43N5O. The first-order valence-corrected chi connectivity index (χ1v) is 11.8. The molecule has 3 atom stereocenters. The van der Waals surface area contributed by atoms with Gasteiger partial charge >= 0.3 is 0 Å². The number of nitrogens with one attached hydrogen (secondary N) is 3. The van der Waals surface area contributed by atoms with Crippen molar-refractivity contribution in [1.29, 1.82) is 10.8 Å². The lowest BCUT2D eigenvalue weighted by Crippen LogP contribution is -2.30. The summed E-state index contributed by atoms with van der Waals surface area (Å²) in [6, 6.07) is 4.29. The Hall–Kier alpha value is -3.02. The van der Waals surface area contributed by atoms with Crippen molar-refractivity contribution in [3.63, 3.8) is 0 Å². The number of aryl methyl sites for hydroxylation is 1. The van der Waals surface area contributed by atoms with Crippen molar-refractivity contribution >= 4 is 18.7 Å². The molecule has 1 aliphatic rings. The fraction of sp³-hybridized carbons (Fsp3) is 0.481. The predicted molar refractivity (Wildman–Crippen MR) is 141 cm³/mol. The summed E-state index contributed by atoms with van der Waals surface area (Å²) >= 11 is 0. The third kappa shape index (κ3) is 8.79. The Morgan fingerprint density at radius 2 is 1.91 bits per heavy atom. The van der Waals surface area contributed by atoms with Crippen molar-refractivity contribution in [2.75, 3.05) is 14.1 Å². The maximum atomic E-state index is 11.7. The molecule has 1 fully saturated rings. The van der Waals surface area contributed by atoms with E-state index in [0.717, 1.165) is 29.8 Å². The van der Waals surface area contributed by atoms with Gasteiger partial charge in [0.15, 0.2) is 0 Å². The first kappa shape index (κ1) is 30.0. The van der Waals surface area contributed by atoms with E-state index in [9.17, 15) is 4.79 Å². The van der Waals surface area contributed by atoms with Crippen molar-refractivity contribution in [1.82, 2.24) is 15.2 Å². The number of rotatable bonds is 11. The van der Waals surface area contributed by atoms with E-state index in [0.29, 0.717) is 29.1 Å². The Balaban J connectivity index is 0.00000242. The topological polar surface area (TPSA) is 92.9 Å². The molecule has 0 spiro atoms. The first-order chi connectivity index (χ1) is 15.9. The van der Waals surface area contributed by atoms with Crippen LogP contribution in [0.4, 0.5) is 0 Å². The lowest BCUT2D eigenvalue weighted by molar-refractivity contribution is -0.111. The maximum absolute atomic E-state index is 11.7. The minimum absolute atomic E-state index is 0.0366. The number of hydrogen-bond donors (Lipinski definition) is 3. The zero-order valence-corrected chi connectivity index (χ0v) is 21.7. The summed E-state index contributed by atoms with van der Waals surface area (Å²) in [4.78, 5) is 18.2. The average Bonchev–Trinajstić information content (AvgIpc) is 3.65. The van der Waals surface area contributed by atoms with Gasteiger partial charge in [0.2, 0.25) is 0 Å². The molecule has 182 valence electrons. The molecule has 1 aromatic heterocycles. The molecular weight excluding hydrogens is 410 g/mol. The number of pyridine rings is 1. The summed E-state index contributed by atoms with van der Waals surface area (Å²) in [6.07, 6.45) is 8.94. The SMILES string of the molecule is C=C(/C=C(\NC)N(C)C1CC1C(C=O)Cc1ccc(C)nc1)/C(C=N)=C(\C)C=N.CC.CC. The summed E-state index contributed by atoms with van der Waals surface area (Å²) < 4.78 is 0. The van der Waals surface area contributed by atoms with Crippen LogP contribution in [-0.2, 0) is 11.2 Å².